The largest absolute Gasteiger partial charge is 0.481 e. The summed E-state index contributed by atoms with van der Waals surface area (Å²) in [5.41, 5.74) is 1.18. The Morgan fingerprint density at radius 3 is 2.32 bits per heavy atom. The van der Waals surface area contributed by atoms with E-state index >= 15 is 0 Å². The van der Waals surface area contributed by atoms with Crippen LogP contribution in [0.3, 0.4) is 0 Å². The highest BCUT2D eigenvalue weighted by atomic mass is 16.5. The predicted octanol–water partition coefficient (Wildman–Crippen LogP) is 2.75. The Morgan fingerprint density at radius 2 is 1.77 bits per heavy atom. The minimum atomic E-state index is -0.467. The van der Waals surface area contributed by atoms with E-state index in [0.717, 1.165) is 31.7 Å². The first-order valence-electron chi connectivity index (χ1n) is 8.23. The smallest absolute Gasteiger partial charge is 0.260 e. The number of carbonyl (C=O) groups excluding carboxylic acids is 1. The average molecular weight is 304 g/mol. The zero-order valence-electron chi connectivity index (χ0n) is 14.1. The number of hydrogen-bond acceptors (Lipinski definition) is 3. The molecule has 0 radical (unpaired) electrons. The Kier molecular flexibility index (Phi) is 5.83. The molecule has 0 saturated carbocycles. The molecule has 1 aliphatic heterocycles. The molecular weight excluding hydrogens is 276 g/mol. The van der Waals surface area contributed by atoms with Crippen LogP contribution in [0.4, 0.5) is 0 Å². The summed E-state index contributed by atoms with van der Waals surface area (Å²) >= 11 is 0. The summed E-state index contributed by atoms with van der Waals surface area (Å²) in [7, 11) is 0. The summed E-state index contributed by atoms with van der Waals surface area (Å²) in [5, 5.41) is 3.12. The van der Waals surface area contributed by atoms with Gasteiger partial charge in [-0.05, 0) is 52.7 Å². The number of hydrogen-bond donors (Lipinski definition) is 1. The molecule has 1 aliphatic rings. The Bertz CT molecular complexity index is 476. The molecule has 1 atom stereocenters. The third kappa shape index (κ3) is 4.73. The maximum atomic E-state index is 12.2. The van der Waals surface area contributed by atoms with Gasteiger partial charge < -0.3 is 15.0 Å². The first kappa shape index (κ1) is 16.8. The maximum Gasteiger partial charge on any atom is 0.260 e. The number of likely N-dealkylation sites (tertiary alicyclic amines) is 1. The first-order valence-corrected chi connectivity index (χ1v) is 8.23. The van der Waals surface area contributed by atoms with Crippen LogP contribution in [-0.4, -0.2) is 42.1 Å². The number of benzene rings is 1. The summed E-state index contributed by atoms with van der Waals surface area (Å²) in [6.07, 6.45) is 1.56. The molecule has 0 bridgehead atoms. The lowest BCUT2D eigenvalue weighted by Crippen LogP contribution is -2.49. The summed E-state index contributed by atoms with van der Waals surface area (Å²) in [6, 6.07) is 8.64. The number of amides is 1. The van der Waals surface area contributed by atoms with Crippen molar-refractivity contribution in [2.45, 2.75) is 58.7 Å². The average Bonchev–Trinajstić information content (AvgIpc) is 2.50. The molecule has 2 rings (SSSR count). The summed E-state index contributed by atoms with van der Waals surface area (Å²) < 4.78 is 5.71. The highest BCUT2D eigenvalue weighted by Gasteiger charge is 2.24. The van der Waals surface area contributed by atoms with Gasteiger partial charge in [0.15, 0.2) is 6.10 Å². The number of piperidine rings is 1. The van der Waals surface area contributed by atoms with Crippen LogP contribution in [0.15, 0.2) is 24.3 Å². The lowest BCUT2D eigenvalue weighted by Gasteiger charge is -2.35. The molecule has 0 unspecified atom stereocenters. The SMILES string of the molecule is Cc1ccc(O[C@@H](C)C(=O)NC2CCN(C(C)C)CC2)cc1. The number of ether oxygens (including phenoxy) is 1. The third-order valence-corrected chi connectivity index (χ3v) is 4.31. The maximum absolute atomic E-state index is 12.2. The van der Waals surface area contributed by atoms with Crippen LogP contribution in [0.25, 0.3) is 0 Å². The van der Waals surface area contributed by atoms with E-state index in [2.05, 4.69) is 24.1 Å². The minimum absolute atomic E-state index is 0.0245. The van der Waals surface area contributed by atoms with Crippen molar-refractivity contribution in [3.63, 3.8) is 0 Å². The van der Waals surface area contributed by atoms with Gasteiger partial charge in [-0.25, -0.2) is 0 Å². The lowest BCUT2D eigenvalue weighted by atomic mass is 10.0. The van der Waals surface area contributed by atoms with Crippen LogP contribution in [0.1, 0.15) is 39.2 Å². The molecule has 0 aromatic heterocycles. The molecule has 1 N–H and O–H groups in total. The fourth-order valence-corrected chi connectivity index (χ4v) is 2.75. The molecule has 1 aromatic rings. The van der Waals surface area contributed by atoms with Crippen LogP contribution in [0, 0.1) is 6.92 Å². The molecule has 1 aromatic carbocycles. The second-order valence-electron chi connectivity index (χ2n) is 6.49. The van der Waals surface area contributed by atoms with Crippen molar-refractivity contribution >= 4 is 5.91 Å². The molecule has 0 spiro atoms. The van der Waals surface area contributed by atoms with Crippen LogP contribution < -0.4 is 10.1 Å². The fraction of sp³-hybridized carbons (Fsp3) is 0.611. The van der Waals surface area contributed by atoms with E-state index < -0.39 is 6.10 Å². The van der Waals surface area contributed by atoms with Crippen LogP contribution >= 0.6 is 0 Å². The molecule has 1 heterocycles. The zero-order chi connectivity index (χ0) is 16.1. The van der Waals surface area contributed by atoms with E-state index in [1.54, 1.807) is 6.92 Å². The van der Waals surface area contributed by atoms with Gasteiger partial charge in [0.05, 0.1) is 0 Å². The van der Waals surface area contributed by atoms with Gasteiger partial charge in [0.1, 0.15) is 5.75 Å². The molecule has 1 fully saturated rings. The van der Waals surface area contributed by atoms with Crippen molar-refractivity contribution in [3.8, 4) is 5.75 Å². The molecule has 22 heavy (non-hydrogen) atoms. The van der Waals surface area contributed by atoms with E-state index in [9.17, 15) is 4.79 Å². The van der Waals surface area contributed by atoms with Crippen molar-refractivity contribution in [1.82, 2.24) is 10.2 Å². The lowest BCUT2D eigenvalue weighted by molar-refractivity contribution is -0.128. The molecular formula is C18H28N2O2. The highest BCUT2D eigenvalue weighted by molar-refractivity contribution is 5.81. The topological polar surface area (TPSA) is 41.6 Å². The minimum Gasteiger partial charge on any atom is -0.481 e. The van der Waals surface area contributed by atoms with Crippen molar-refractivity contribution in [3.05, 3.63) is 29.8 Å². The molecule has 0 aliphatic carbocycles. The van der Waals surface area contributed by atoms with Gasteiger partial charge in [0.25, 0.3) is 5.91 Å². The number of aryl methyl sites for hydroxylation is 1. The van der Waals surface area contributed by atoms with Crippen molar-refractivity contribution in [2.75, 3.05) is 13.1 Å². The standard InChI is InChI=1S/C18H28N2O2/c1-13(2)20-11-9-16(10-12-20)19-18(21)15(4)22-17-7-5-14(3)6-8-17/h5-8,13,15-16H,9-12H2,1-4H3,(H,19,21)/t15-/m0/s1. The normalized spacial score (nSPS) is 18.2. The van der Waals surface area contributed by atoms with E-state index in [1.165, 1.54) is 5.56 Å². The second kappa shape index (κ2) is 7.63. The monoisotopic (exact) mass is 304 g/mol. The molecule has 1 saturated heterocycles. The molecule has 4 nitrogen and oxygen atoms in total. The van der Waals surface area contributed by atoms with E-state index in [0.29, 0.717) is 6.04 Å². The molecule has 122 valence electrons. The van der Waals surface area contributed by atoms with Crippen LogP contribution in [0.5, 0.6) is 5.75 Å². The van der Waals surface area contributed by atoms with Crippen molar-refractivity contribution < 1.29 is 9.53 Å². The van der Waals surface area contributed by atoms with Gasteiger partial charge in [-0.1, -0.05) is 17.7 Å². The van der Waals surface area contributed by atoms with Gasteiger partial charge in [0.2, 0.25) is 0 Å². The Labute approximate surface area is 133 Å². The third-order valence-electron chi connectivity index (χ3n) is 4.31. The van der Waals surface area contributed by atoms with Gasteiger partial charge in [0, 0.05) is 25.2 Å². The first-order chi connectivity index (χ1) is 10.5. The summed E-state index contributed by atoms with van der Waals surface area (Å²) in [4.78, 5) is 14.7. The van der Waals surface area contributed by atoms with Crippen molar-refractivity contribution in [2.24, 2.45) is 0 Å². The summed E-state index contributed by atoms with van der Waals surface area (Å²) in [6.45, 7) is 10.4. The van der Waals surface area contributed by atoms with Crippen molar-refractivity contribution in [1.29, 1.82) is 0 Å². The Balaban J connectivity index is 1.78. The number of nitrogens with one attached hydrogen (secondary N) is 1. The van der Waals surface area contributed by atoms with E-state index in [4.69, 9.17) is 4.74 Å². The highest BCUT2D eigenvalue weighted by Crippen LogP contribution is 2.15. The van der Waals surface area contributed by atoms with Gasteiger partial charge in [-0.15, -0.1) is 0 Å². The van der Waals surface area contributed by atoms with E-state index in [1.807, 2.05) is 31.2 Å². The fourth-order valence-electron chi connectivity index (χ4n) is 2.75. The van der Waals surface area contributed by atoms with Gasteiger partial charge >= 0.3 is 0 Å². The quantitative estimate of drug-likeness (QED) is 0.909. The predicted molar refractivity (Wildman–Crippen MR) is 89.1 cm³/mol. The van der Waals surface area contributed by atoms with Gasteiger partial charge in [-0.3, -0.25) is 4.79 Å². The number of rotatable bonds is 5. The number of nitrogens with zero attached hydrogens (tertiary/aromatic N) is 1. The number of carbonyl (C=O) groups is 1. The van der Waals surface area contributed by atoms with Gasteiger partial charge in [-0.2, -0.15) is 0 Å². The zero-order valence-corrected chi connectivity index (χ0v) is 14.1. The van der Waals surface area contributed by atoms with Crippen LogP contribution in [-0.2, 0) is 4.79 Å². The second-order valence-corrected chi connectivity index (χ2v) is 6.49. The molecule has 1 amide bonds. The van der Waals surface area contributed by atoms with Crippen LogP contribution in [0.2, 0.25) is 0 Å². The Hall–Kier alpha value is -1.55. The summed E-state index contributed by atoms with van der Waals surface area (Å²) in [5.74, 6) is 0.714. The van der Waals surface area contributed by atoms with E-state index in [-0.39, 0.29) is 11.9 Å². The molecule has 4 heteroatoms. The Morgan fingerprint density at radius 1 is 1.18 bits per heavy atom.